The van der Waals surface area contributed by atoms with Crippen molar-refractivity contribution in [2.24, 2.45) is 5.10 Å². The number of hydrazone groups is 1. The van der Waals surface area contributed by atoms with E-state index in [0.717, 1.165) is 28.6 Å². The van der Waals surface area contributed by atoms with Gasteiger partial charge in [0.2, 0.25) is 0 Å². The zero-order chi connectivity index (χ0) is 22.8. The number of unbranched alkanes of at least 4 members (excludes halogenated alkanes) is 1. The lowest BCUT2D eigenvalue weighted by atomic mass is 10.2. The highest BCUT2D eigenvalue weighted by atomic mass is 79.9. The standard InChI is InChI=1S/C25H23BrN2O4/c1-2-3-15-31-22-13-9-19(10-14-22)25(30)32-23-11-7-18(8-12-23)17-27-28-24(29)20-5-4-6-21(26)16-20/h4-14,16-17H,2-3,15H2,1H3,(H,28,29)/b27-17+. The Bertz CT molecular complexity index is 1080. The third-order valence-electron chi connectivity index (χ3n) is 4.41. The van der Waals surface area contributed by atoms with Crippen molar-refractivity contribution in [2.45, 2.75) is 19.8 Å². The molecule has 0 radical (unpaired) electrons. The Morgan fingerprint density at radius 1 is 0.969 bits per heavy atom. The summed E-state index contributed by atoms with van der Waals surface area (Å²) in [6.45, 7) is 2.76. The fourth-order valence-electron chi connectivity index (χ4n) is 2.67. The number of halogens is 1. The number of ether oxygens (including phenoxy) is 2. The quantitative estimate of drug-likeness (QED) is 0.138. The molecule has 0 atom stereocenters. The smallest absolute Gasteiger partial charge is 0.343 e. The van der Waals surface area contributed by atoms with Gasteiger partial charge in [0.15, 0.2) is 0 Å². The number of esters is 1. The molecule has 0 unspecified atom stereocenters. The number of benzene rings is 3. The Hall–Kier alpha value is -3.45. The molecule has 0 saturated carbocycles. The molecular formula is C25H23BrN2O4. The number of carbonyl (C=O) groups excluding carboxylic acids is 2. The van der Waals surface area contributed by atoms with Crippen LogP contribution in [0.2, 0.25) is 0 Å². The van der Waals surface area contributed by atoms with E-state index < -0.39 is 5.97 Å². The second-order valence-corrected chi connectivity index (χ2v) is 7.81. The number of amides is 1. The van der Waals surface area contributed by atoms with Gasteiger partial charge in [0.05, 0.1) is 18.4 Å². The van der Waals surface area contributed by atoms with Crippen LogP contribution in [0.5, 0.6) is 11.5 Å². The molecule has 0 saturated heterocycles. The molecular weight excluding hydrogens is 472 g/mol. The topological polar surface area (TPSA) is 77.0 Å². The number of hydrogen-bond acceptors (Lipinski definition) is 5. The summed E-state index contributed by atoms with van der Waals surface area (Å²) in [5.41, 5.74) is 4.16. The molecule has 3 aromatic carbocycles. The van der Waals surface area contributed by atoms with Crippen molar-refractivity contribution >= 4 is 34.0 Å². The van der Waals surface area contributed by atoms with Gasteiger partial charge in [0.25, 0.3) is 5.91 Å². The van der Waals surface area contributed by atoms with E-state index >= 15 is 0 Å². The van der Waals surface area contributed by atoms with Gasteiger partial charge in [0, 0.05) is 10.0 Å². The normalized spacial score (nSPS) is 10.7. The molecule has 164 valence electrons. The van der Waals surface area contributed by atoms with E-state index in [1.807, 2.05) is 6.07 Å². The van der Waals surface area contributed by atoms with Crippen molar-refractivity contribution in [1.29, 1.82) is 0 Å². The highest BCUT2D eigenvalue weighted by molar-refractivity contribution is 9.10. The minimum Gasteiger partial charge on any atom is -0.494 e. The summed E-state index contributed by atoms with van der Waals surface area (Å²) in [7, 11) is 0. The van der Waals surface area contributed by atoms with Crippen LogP contribution < -0.4 is 14.9 Å². The summed E-state index contributed by atoms with van der Waals surface area (Å²) in [6, 6.07) is 20.7. The number of nitrogens with one attached hydrogen (secondary N) is 1. The van der Waals surface area contributed by atoms with E-state index in [4.69, 9.17) is 9.47 Å². The van der Waals surface area contributed by atoms with E-state index in [-0.39, 0.29) is 5.91 Å². The van der Waals surface area contributed by atoms with Gasteiger partial charge >= 0.3 is 5.97 Å². The summed E-state index contributed by atoms with van der Waals surface area (Å²) >= 11 is 3.33. The summed E-state index contributed by atoms with van der Waals surface area (Å²) in [5.74, 6) is 0.377. The van der Waals surface area contributed by atoms with Crippen LogP contribution in [0.4, 0.5) is 0 Å². The summed E-state index contributed by atoms with van der Waals surface area (Å²) in [5, 5.41) is 3.96. The SMILES string of the molecule is CCCCOc1ccc(C(=O)Oc2ccc(/C=N/NC(=O)c3cccc(Br)c3)cc2)cc1. The molecule has 1 N–H and O–H groups in total. The van der Waals surface area contributed by atoms with Crippen molar-refractivity contribution in [3.05, 3.63) is 94.0 Å². The molecule has 7 heteroatoms. The molecule has 0 aromatic heterocycles. The zero-order valence-electron chi connectivity index (χ0n) is 17.6. The van der Waals surface area contributed by atoms with Gasteiger partial charge in [-0.15, -0.1) is 0 Å². The molecule has 0 heterocycles. The highest BCUT2D eigenvalue weighted by Crippen LogP contribution is 2.17. The zero-order valence-corrected chi connectivity index (χ0v) is 19.2. The first-order valence-electron chi connectivity index (χ1n) is 10.2. The van der Waals surface area contributed by atoms with Gasteiger partial charge < -0.3 is 9.47 Å². The van der Waals surface area contributed by atoms with Gasteiger partial charge in [-0.05, 0) is 78.7 Å². The summed E-state index contributed by atoms with van der Waals surface area (Å²) in [6.07, 6.45) is 3.57. The first-order valence-corrected chi connectivity index (χ1v) is 11.0. The summed E-state index contributed by atoms with van der Waals surface area (Å²) in [4.78, 5) is 24.4. The highest BCUT2D eigenvalue weighted by Gasteiger charge is 2.09. The third kappa shape index (κ3) is 7.06. The van der Waals surface area contributed by atoms with Crippen LogP contribution in [-0.4, -0.2) is 24.7 Å². The fourth-order valence-corrected chi connectivity index (χ4v) is 3.07. The van der Waals surface area contributed by atoms with Gasteiger partial charge in [-0.3, -0.25) is 4.79 Å². The van der Waals surface area contributed by atoms with Crippen LogP contribution in [0.1, 0.15) is 46.0 Å². The van der Waals surface area contributed by atoms with Crippen LogP contribution in [-0.2, 0) is 0 Å². The maximum atomic E-state index is 12.3. The Labute approximate surface area is 195 Å². The Kier molecular flexibility index (Phi) is 8.57. The second kappa shape index (κ2) is 11.8. The molecule has 6 nitrogen and oxygen atoms in total. The van der Waals surface area contributed by atoms with Gasteiger partial charge in [0.1, 0.15) is 11.5 Å². The molecule has 0 aliphatic rings. The van der Waals surface area contributed by atoms with Gasteiger partial charge in [-0.1, -0.05) is 35.3 Å². The number of carbonyl (C=O) groups is 2. The molecule has 0 bridgehead atoms. The molecule has 0 fully saturated rings. The first kappa shape index (κ1) is 23.2. The predicted octanol–water partition coefficient (Wildman–Crippen LogP) is 5.61. The van der Waals surface area contributed by atoms with E-state index in [1.54, 1.807) is 66.7 Å². The van der Waals surface area contributed by atoms with Crippen LogP contribution in [0.3, 0.4) is 0 Å². The van der Waals surface area contributed by atoms with Crippen LogP contribution in [0.25, 0.3) is 0 Å². The number of nitrogens with zero attached hydrogens (tertiary/aromatic N) is 1. The maximum absolute atomic E-state index is 12.3. The monoisotopic (exact) mass is 494 g/mol. The second-order valence-electron chi connectivity index (χ2n) is 6.89. The number of hydrogen-bond donors (Lipinski definition) is 1. The van der Waals surface area contributed by atoms with Crippen molar-refractivity contribution in [3.8, 4) is 11.5 Å². The van der Waals surface area contributed by atoms with Crippen molar-refractivity contribution in [2.75, 3.05) is 6.61 Å². The average molecular weight is 495 g/mol. The minimum absolute atomic E-state index is 0.310. The van der Waals surface area contributed by atoms with Crippen LogP contribution in [0.15, 0.2) is 82.4 Å². The molecule has 3 aromatic rings. The predicted molar refractivity (Wildman–Crippen MR) is 127 cm³/mol. The Morgan fingerprint density at radius 3 is 2.38 bits per heavy atom. The Balaban J connectivity index is 1.51. The van der Waals surface area contributed by atoms with Crippen molar-refractivity contribution in [1.82, 2.24) is 5.43 Å². The molecule has 1 amide bonds. The minimum atomic E-state index is -0.451. The average Bonchev–Trinajstić information content (AvgIpc) is 2.81. The van der Waals surface area contributed by atoms with Crippen LogP contribution >= 0.6 is 15.9 Å². The van der Waals surface area contributed by atoms with E-state index in [2.05, 4.69) is 33.4 Å². The largest absolute Gasteiger partial charge is 0.494 e. The lowest BCUT2D eigenvalue weighted by Gasteiger charge is -2.07. The Morgan fingerprint density at radius 2 is 1.69 bits per heavy atom. The molecule has 0 aliphatic heterocycles. The lowest BCUT2D eigenvalue weighted by molar-refractivity contribution is 0.0734. The van der Waals surface area contributed by atoms with E-state index in [0.29, 0.717) is 23.5 Å². The first-order chi connectivity index (χ1) is 15.5. The van der Waals surface area contributed by atoms with E-state index in [9.17, 15) is 9.59 Å². The van der Waals surface area contributed by atoms with Gasteiger partial charge in [-0.2, -0.15) is 5.10 Å². The lowest BCUT2D eigenvalue weighted by Crippen LogP contribution is -2.17. The van der Waals surface area contributed by atoms with Gasteiger partial charge in [-0.25, -0.2) is 10.2 Å². The molecule has 3 rings (SSSR count). The van der Waals surface area contributed by atoms with Crippen molar-refractivity contribution < 1.29 is 19.1 Å². The molecule has 0 spiro atoms. The van der Waals surface area contributed by atoms with E-state index in [1.165, 1.54) is 6.21 Å². The number of rotatable bonds is 9. The molecule has 32 heavy (non-hydrogen) atoms. The maximum Gasteiger partial charge on any atom is 0.343 e. The third-order valence-corrected chi connectivity index (χ3v) is 4.91. The summed E-state index contributed by atoms with van der Waals surface area (Å²) < 4.78 is 11.8. The molecule has 0 aliphatic carbocycles. The van der Waals surface area contributed by atoms with Crippen molar-refractivity contribution in [3.63, 3.8) is 0 Å². The van der Waals surface area contributed by atoms with Crippen LogP contribution in [0, 0.1) is 0 Å². The fraction of sp³-hybridized carbons (Fsp3) is 0.160.